The number of imidazole rings is 1. The van der Waals surface area contributed by atoms with Gasteiger partial charge >= 0.3 is 0 Å². The molecule has 6 nitrogen and oxygen atoms in total. The molecule has 2 saturated heterocycles. The fraction of sp³-hybridized carbons (Fsp3) is 0.636. The molecule has 2 fully saturated rings. The molecule has 1 aromatic carbocycles. The van der Waals surface area contributed by atoms with E-state index in [1.807, 2.05) is 24.3 Å². The number of nitrogens with one attached hydrogen (secondary N) is 2. The van der Waals surface area contributed by atoms with Crippen LogP contribution >= 0.6 is 0 Å². The lowest BCUT2D eigenvalue weighted by atomic mass is 9.76. The molecule has 2 N–H and O–H groups in total. The van der Waals surface area contributed by atoms with E-state index in [1.54, 1.807) is 0 Å². The molecule has 0 bridgehead atoms. The Morgan fingerprint density at radius 2 is 2.11 bits per heavy atom. The number of fused-ring (bicyclic) bond motifs is 1. The van der Waals surface area contributed by atoms with Gasteiger partial charge in [0.2, 0.25) is 5.91 Å². The first-order valence-corrected chi connectivity index (χ1v) is 10.7. The molecule has 2 aliphatic rings. The Labute approximate surface area is 167 Å². The third kappa shape index (κ3) is 4.08. The smallest absolute Gasteiger partial charge is 0.237 e. The van der Waals surface area contributed by atoms with E-state index in [4.69, 9.17) is 0 Å². The van der Waals surface area contributed by atoms with Gasteiger partial charge < -0.3 is 15.2 Å². The number of amides is 1. The van der Waals surface area contributed by atoms with E-state index in [0.29, 0.717) is 12.0 Å². The highest BCUT2D eigenvalue weighted by molar-refractivity contribution is 5.82. The summed E-state index contributed by atoms with van der Waals surface area (Å²) < 4.78 is 0. The lowest BCUT2D eigenvalue weighted by molar-refractivity contribution is -0.125. The van der Waals surface area contributed by atoms with Gasteiger partial charge in [-0.05, 0) is 69.9 Å². The van der Waals surface area contributed by atoms with Gasteiger partial charge in [-0.1, -0.05) is 19.1 Å². The highest BCUT2D eigenvalue weighted by Gasteiger charge is 2.47. The second kappa shape index (κ2) is 8.21. The number of piperidine rings is 1. The second-order valence-corrected chi connectivity index (χ2v) is 8.74. The predicted octanol–water partition coefficient (Wildman–Crippen LogP) is 2.42. The van der Waals surface area contributed by atoms with Crippen LogP contribution in [0.2, 0.25) is 0 Å². The highest BCUT2D eigenvalue weighted by atomic mass is 16.2. The van der Waals surface area contributed by atoms with Crippen molar-refractivity contribution in [3.63, 3.8) is 0 Å². The summed E-state index contributed by atoms with van der Waals surface area (Å²) in [5, 5.41) is 3.19. The quantitative estimate of drug-likeness (QED) is 0.804. The number of benzene rings is 1. The molecule has 1 aromatic heterocycles. The Bertz CT molecular complexity index is 775. The van der Waals surface area contributed by atoms with Gasteiger partial charge in [0, 0.05) is 19.5 Å². The van der Waals surface area contributed by atoms with Crippen LogP contribution in [0.3, 0.4) is 0 Å². The number of carbonyl (C=O) groups excluding carboxylic acids is 1. The summed E-state index contributed by atoms with van der Waals surface area (Å²) in [4.78, 5) is 25.8. The van der Waals surface area contributed by atoms with Crippen molar-refractivity contribution in [1.29, 1.82) is 0 Å². The number of likely N-dealkylation sites (tertiary alicyclic amines) is 2. The van der Waals surface area contributed by atoms with Gasteiger partial charge in [0.1, 0.15) is 5.82 Å². The number of aromatic nitrogens is 2. The van der Waals surface area contributed by atoms with E-state index >= 15 is 0 Å². The molecule has 0 radical (unpaired) electrons. The average molecular weight is 384 g/mol. The van der Waals surface area contributed by atoms with Crippen LogP contribution in [0.15, 0.2) is 24.3 Å². The summed E-state index contributed by atoms with van der Waals surface area (Å²) >= 11 is 0. The zero-order valence-corrected chi connectivity index (χ0v) is 17.2. The standard InChI is InChI=1S/C22H33N5O/c1-3-12-27-16-22(9-13-26(2)14-10-22)15-19(27)21(28)23-11-8-20-24-17-6-4-5-7-18(17)25-20/h4-7,19H,3,8-16H2,1-2H3,(H,23,28)(H,24,25)/t19-/m0/s1. The van der Waals surface area contributed by atoms with Gasteiger partial charge in [-0.2, -0.15) is 0 Å². The maximum atomic E-state index is 13.0. The number of aromatic amines is 1. The van der Waals surface area contributed by atoms with Crippen LogP contribution in [-0.4, -0.2) is 71.5 Å². The van der Waals surface area contributed by atoms with Gasteiger partial charge in [0.15, 0.2) is 0 Å². The van der Waals surface area contributed by atoms with E-state index in [2.05, 4.69) is 39.1 Å². The first-order chi connectivity index (χ1) is 13.6. The van der Waals surface area contributed by atoms with Crippen molar-refractivity contribution in [1.82, 2.24) is 25.1 Å². The van der Waals surface area contributed by atoms with Crippen molar-refractivity contribution in [3.05, 3.63) is 30.1 Å². The minimum absolute atomic E-state index is 0.0269. The molecule has 6 heteroatoms. The Hall–Kier alpha value is -1.92. The highest BCUT2D eigenvalue weighted by Crippen LogP contribution is 2.43. The largest absolute Gasteiger partial charge is 0.354 e. The van der Waals surface area contributed by atoms with E-state index < -0.39 is 0 Å². The summed E-state index contributed by atoms with van der Waals surface area (Å²) in [6.07, 6.45) is 5.27. The number of hydrogen-bond donors (Lipinski definition) is 2. The Balaban J connectivity index is 1.34. The Morgan fingerprint density at radius 3 is 2.86 bits per heavy atom. The molecule has 0 saturated carbocycles. The van der Waals surface area contributed by atoms with Gasteiger partial charge in [-0.3, -0.25) is 9.69 Å². The fourth-order valence-electron chi connectivity index (χ4n) is 4.93. The van der Waals surface area contributed by atoms with E-state index in [1.165, 1.54) is 12.8 Å². The van der Waals surface area contributed by atoms with E-state index in [9.17, 15) is 4.79 Å². The van der Waals surface area contributed by atoms with Crippen molar-refractivity contribution < 1.29 is 4.79 Å². The molecule has 1 spiro atoms. The van der Waals surface area contributed by atoms with Crippen molar-refractivity contribution in [3.8, 4) is 0 Å². The van der Waals surface area contributed by atoms with E-state index in [-0.39, 0.29) is 11.9 Å². The predicted molar refractivity (Wildman–Crippen MR) is 112 cm³/mol. The van der Waals surface area contributed by atoms with Crippen LogP contribution < -0.4 is 5.32 Å². The molecule has 2 aliphatic heterocycles. The second-order valence-electron chi connectivity index (χ2n) is 8.74. The molecule has 1 amide bonds. The number of nitrogens with zero attached hydrogens (tertiary/aromatic N) is 3. The molecule has 28 heavy (non-hydrogen) atoms. The third-order valence-corrected chi connectivity index (χ3v) is 6.57. The fourth-order valence-corrected chi connectivity index (χ4v) is 4.93. The molecular formula is C22H33N5O. The molecule has 1 atom stereocenters. The van der Waals surface area contributed by atoms with Crippen LogP contribution in [0.25, 0.3) is 11.0 Å². The lowest BCUT2D eigenvalue weighted by Gasteiger charge is -2.37. The van der Waals surface area contributed by atoms with Crippen molar-refractivity contribution >= 4 is 16.9 Å². The molecule has 152 valence electrons. The summed E-state index contributed by atoms with van der Waals surface area (Å²) in [6.45, 7) is 7.23. The number of hydrogen-bond acceptors (Lipinski definition) is 4. The van der Waals surface area contributed by atoms with Crippen molar-refractivity contribution in [2.24, 2.45) is 5.41 Å². The minimum Gasteiger partial charge on any atom is -0.354 e. The zero-order chi connectivity index (χ0) is 19.6. The van der Waals surface area contributed by atoms with Gasteiger partial charge in [0.25, 0.3) is 0 Å². The van der Waals surface area contributed by atoms with Crippen molar-refractivity contribution in [2.45, 2.75) is 45.1 Å². The number of rotatable bonds is 6. The van der Waals surface area contributed by atoms with Gasteiger partial charge in [-0.25, -0.2) is 4.98 Å². The van der Waals surface area contributed by atoms with Crippen LogP contribution in [0.5, 0.6) is 0 Å². The first kappa shape index (κ1) is 19.4. The first-order valence-electron chi connectivity index (χ1n) is 10.7. The topological polar surface area (TPSA) is 64.3 Å². The van der Waals surface area contributed by atoms with Gasteiger partial charge in [-0.15, -0.1) is 0 Å². The number of H-pyrrole nitrogens is 1. The number of carbonyl (C=O) groups is 1. The SMILES string of the molecule is CCCN1CC2(CCN(C)CC2)C[C@H]1C(=O)NCCc1nc2ccccc2[nH]1. The van der Waals surface area contributed by atoms with Gasteiger partial charge in [0.05, 0.1) is 17.1 Å². The Morgan fingerprint density at radius 1 is 1.32 bits per heavy atom. The summed E-state index contributed by atoms with van der Waals surface area (Å²) in [5.74, 6) is 1.13. The maximum Gasteiger partial charge on any atom is 0.237 e. The maximum absolute atomic E-state index is 13.0. The molecule has 0 unspecified atom stereocenters. The average Bonchev–Trinajstić information content (AvgIpc) is 3.26. The van der Waals surface area contributed by atoms with Crippen LogP contribution in [-0.2, 0) is 11.2 Å². The summed E-state index contributed by atoms with van der Waals surface area (Å²) in [6, 6.07) is 8.07. The molecule has 3 heterocycles. The van der Waals surface area contributed by atoms with Crippen LogP contribution in [0, 0.1) is 5.41 Å². The third-order valence-electron chi connectivity index (χ3n) is 6.57. The molecule has 0 aliphatic carbocycles. The summed E-state index contributed by atoms with van der Waals surface area (Å²) in [7, 11) is 2.20. The number of para-hydroxylation sites is 2. The van der Waals surface area contributed by atoms with Crippen LogP contribution in [0.4, 0.5) is 0 Å². The Kier molecular flexibility index (Phi) is 5.69. The van der Waals surface area contributed by atoms with E-state index in [0.717, 1.165) is 62.3 Å². The molecular weight excluding hydrogens is 350 g/mol. The molecule has 4 rings (SSSR count). The lowest BCUT2D eigenvalue weighted by Crippen LogP contribution is -2.44. The van der Waals surface area contributed by atoms with Crippen LogP contribution in [0.1, 0.15) is 38.4 Å². The molecule has 2 aromatic rings. The normalized spacial score (nSPS) is 22.9. The minimum atomic E-state index is 0.0269. The zero-order valence-electron chi connectivity index (χ0n) is 17.2. The monoisotopic (exact) mass is 383 g/mol. The summed E-state index contributed by atoms with van der Waals surface area (Å²) in [5.41, 5.74) is 2.37. The van der Waals surface area contributed by atoms with Crippen molar-refractivity contribution in [2.75, 3.05) is 39.8 Å².